The Morgan fingerprint density at radius 3 is 2.89 bits per heavy atom. The topological polar surface area (TPSA) is 59.1 Å². The summed E-state index contributed by atoms with van der Waals surface area (Å²) in [6, 6.07) is 0. The van der Waals surface area contributed by atoms with Crippen LogP contribution in [0.5, 0.6) is 0 Å². The van der Waals surface area contributed by atoms with Crippen LogP contribution in [0.4, 0.5) is 0 Å². The Hall–Kier alpha value is -0.430. The molecule has 0 fully saturated rings. The molecule has 1 N–H and O–H groups in total. The Labute approximate surface area is 116 Å². The predicted molar refractivity (Wildman–Crippen MR) is 73.6 cm³/mol. The van der Waals surface area contributed by atoms with E-state index in [1.807, 2.05) is 0 Å². The van der Waals surface area contributed by atoms with Gasteiger partial charge in [0, 0.05) is 6.54 Å². The first-order valence-corrected chi connectivity index (χ1v) is 8.47. The number of allylic oxidation sites excluding steroid dienone is 1. The van der Waals surface area contributed by atoms with Crippen molar-refractivity contribution in [3.8, 4) is 0 Å². The van der Waals surface area contributed by atoms with E-state index < -0.39 is 10.0 Å². The van der Waals surface area contributed by atoms with Gasteiger partial charge in [-0.25, -0.2) is 18.1 Å². The lowest BCUT2D eigenvalue weighted by Gasteiger charge is -2.05. The number of rotatable bonds is 5. The third-order valence-electron chi connectivity index (χ3n) is 2.85. The molecule has 18 heavy (non-hydrogen) atoms. The fourth-order valence-electron chi connectivity index (χ4n) is 1.98. The molecule has 0 spiro atoms. The molecule has 0 amide bonds. The average molecular weight is 307 g/mol. The molecule has 1 aromatic heterocycles. The maximum absolute atomic E-state index is 12.0. The van der Waals surface area contributed by atoms with Gasteiger partial charge in [0.1, 0.15) is 0 Å². The van der Waals surface area contributed by atoms with Gasteiger partial charge in [-0.2, -0.15) is 0 Å². The zero-order valence-corrected chi connectivity index (χ0v) is 12.5. The number of halogens is 1. The van der Waals surface area contributed by atoms with Crippen LogP contribution in [-0.4, -0.2) is 19.9 Å². The zero-order chi connectivity index (χ0) is 13.2. The number of aryl methyl sites for hydroxylation is 1. The highest BCUT2D eigenvalue weighted by molar-refractivity contribution is 7.91. The maximum Gasteiger partial charge on any atom is 0.251 e. The Bertz CT molecular complexity index is 564. The summed E-state index contributed by atoms with van der Waals surface area (Å²) in [7, 11) is -3.47. The first-order chi connectivity index (χ1) is 8.49. The van der Waals surface area contributed by atoms with E-state index in [0.717, 1.165) is 30.6 Å². The molecule has 0 saturated heterocycles. The molecule has 0 radical (unpaired) electrons. The van der Waals surface area contributed by atoms with E-state index in [9.17, 15) is 8.42 Å². The second-order valence-corrected chi connectivity index (χ2v) is 7.79. The first kappa shape index (κ1) is 14.0. The molecule has 0 atom stereocenters. The van der Waals surface area contributed by atoms with Crippen LogP contribution in [0.3, 0.4) is 0 Å². The summed E-state index contributed by atoms with van der Waals surface area (Å²) in [6.45, 7) is 2.08. The largest absolute Gasteiger partial charge is 0.251 e. The summed E-state index contributed by atoms with van der Waals surface area (Å²) in [5.41, 5.74) is 1.80. The highest BCUT2D eigenvalue weighted by Crippen LogP contribution is 2.26. The van der Waals surface area contributed by atoms with E-state index in [1.165, 1.54) is 12.0 Å². The van der Waals surface area contributed by atoms with Crippen LogP contribution in [0, 0.1) is 6.92 Å². The van der Waals surface area contributed by atoms with E-state index in [1.54, 1.807) is 6.92 Å². The number of nitrogens with one attached hydrogen (secondary N) is 1. The quantitative estimate of drug-likeness (QED) is 0.851. The van der Waals surface area contributed by atoms with E-state index >= 15 is 0 Å². The predicted octanol–water partition coefficient (Wildman–Crippen LogP) is 2.88. The number of hydrogen-bond acceptors (Lipinski definition) is 4. The SMILES string of the molecule is Cc1nc(Cl)sc1S(=O)(=O)NCCC1=CCCC1. The average Bonchev–Trinajstić information content (AvgIpc) is 2.88. The van der Waals surface area contributed by atoms with E-state index in [0.29, 0.717) is 12.2 Å². The second kappa shape index (κ2) is 5.69. The Kier molecular flexibility index (Phi) is 4.42. The Morgan fingerprint density at radius 1 is 1.56 bits per heavy atom. The monoisotopic (exact) mass is 306 g/mol. The molecule has 0 saturated carbocycles. The normalized spacial score (nSPS) is 16.0. The van der Waals surface area contributed by atoms with Gasteiger partial charge in [-0.05, 0) is 32.6 Å². The third kappa shape index (κ3) is 3.32. The molecule has 0 bridgehead atoms. The minimum atomic E-state index is -3.47. The molecule has 1 aliphatic rings. The van der Waals surface area contributed by atoms with Crippen LogP contribution >= 0.6 is 22.9 Å². The highest BCUT2D eigenvalue weighted by atomic mass is 35.5. The minimum absolute atomic E-state index is 0.216. The Balaban J connectivity index is 1.97. The van der Waals surface area contributed by atoms with Crippen molar-refractivity contribution in [2.75, 3.05) is 6.54 Å². The molecular formula is C11H15ClN2O2S2. The maximum atomic E-state index is 12.0. The summed E-state index contributed by atoms with van der Waals surface area (Å²) in [5.74, 6) is 0. The molecule has 1 aromatic rings. The molecule has 1 aliphatic carbocycles. The third-order valence-corrected chi connectivity index (χ3v) is 6.18. The first-order valence-electron chi connectivity index (χ1n) is 5.79. The van der Waals surface area contributed by atoms with Gasteiger partial charge in [0.15, 0.2) is 8.68 Å². The number of hydrogen-bond donors (Lipinski definition) is 1. The lowest BCUT2D eigenvalue weighted by atomic mass is 10.2. The summed E-state index contributed by atoms with van der Waals surface area (Å²) in [5, 5.41) is 0. The van der Waals surface area contributed by atoms with Crippen molar-refractivity contribution in [3.63, 3.8) is 0 Å². The second-order valence-electron chi connectivity index (χ2n) is 4.24. The summed E-state index contributed by atoms with van der Waals surface area (Å²) in [6.07, 6.45) is 6.37. The van der Waals surface area contributed by atoms with Gasteiger partial charge in [-0.3, -0.25) is 0 Å². The van der Waals surface area contributed by atoms with Gasteiger partial charge < -0.3 is 0 Å². The van der Waals surface area contributed by atoms with Crippen LogP contribution in [0.1, 0.15) is 31.4 Å². The van der Waals surface area contributed by atoms with Crippen molar-refractivity contribution >= 4 is 33.0 Å². The molecule has 0 aliphatic heterocycles. The number of thiazole rings is 1. The number of nitrogens with zero attached hydrogens (tertiary/aromatic N) is 1. The number of sulfonamides is 1. The van der Waals surface area contributed by atoms with Crippen molar-refractivity contribution in [2.45, 2.75) is 36.8 Å². The van der Waals surface area contributed by atoms with E-state index in [-0.39, 0.29) is 8.68 Å². The standard InChI is InChI=1S/C11H15ClN2O2S2/c1-8-10(17-11(12)14-8)18(15,16)13-7-6-9-4-2-3-5-9/h4,13H,2-3,5-7H2,1H3. The van der Waals surface area contributed by atoms with Crippen LogP contribution in [0.15, 0.2) is 15.9 Å². The summed E-state index contributed by atoms with van der Waals surface area (Å²) >= 11 is 6.71. The molecule has 7 heteroatoms. The lowest BCUT2D eigenvalue weighted by molar-refractivity contribution is 0.582. The van der Waals surface area contributed by atoms with Gasteiger partial charge >= 0.3 is 0 Å². The highest BCUT2D eigenvalue weighted by Gasteiger charge is 2.21. The number of aromatic nitrogens is 1. The van der Waals surface area contributed by atoms with Gasteiger partial charge in [-0.1, -0.05) is 34.6 Å². The van der Waals surface area contributed by atoms with Crippen LogP contribution in [0.25, 0.3) is 0 Å². The summed E-state index contributed by atoms with van der Waals surface area (Å²) < 4.78 is 27.1. The lowest BCUT2D eigenvalue weighted by Crippen LogP contribution is -2.24. The summed E-state index contributed by atoms with van der Waals surface area (Å²) in [4.78, 5) is 3.92. The molecule has 1 heterocycles. The van der Waals surface area contributed by atoms with Gasteiger partial charge in [0.25, 0.3) is 10.0 Å². The molecule has 2 rings (SSSR count). The van der Waals surface area contributed by atoms with Crippen molar-refractivity contribution in [2.24, 2.45) is 0 Å². The van der Waals surface area contributed by atoms with Gasteiger partial charge in [-0.15, -0.1) is 0 Å². The fourth-order valence-corrected chi connectivity index (χ4v) is 4.79. The van der Waals surface area contributed by atoms with Crippen LogP contribution in [0.2, 0.25) is 4.47 Å². The minimum Gasteiger partial charge on any atom is -0.229 e. The van der Waals surface area contributed by atoms with Crippen molar-refractivity contribution < 1.29 is 8.42 Å². The zero-order valence-electron chi connectivity index (χ0n) is 10.1. The Morgan fingerprint density at radius 2 is 2.33 bits per heavy atom. The molecule has 0 unspecified atom stereocenters. The van der Waals surface area contributed by atoms with Crippen molar-refractivity contribution in [1.29, 1.82) is 0 Å². The van der Waals surface area contributed by atoms with Crippen molar-refractivity contribution in [3.05, 3.63) is 21.8 Å². The molecule has 4 nitrogen and oxygen atoms in total. The van der Waals surface area contributed by atoms with Crippen LogP contribution < -0.4 is 4.72 Å². The molecule has 0 aromatic carbocycles. The smallest absolute Gasteiger partial charge is 0.229 e. The van der Waals surface area contributed by atoms with Gasteiger partial charge in [0.2, 0.25) is 0 Å². The fraction of sp³-hybridized carbons (Fsp3) is 0.545. The molecule has 100 valence electrons. The van der Waals surface area contributed by atoms with Crippen LogP contribution in [-0.2, 0) is 10.0 Å². The molecular weight excluding hydrogens is 292 g/mol. The van der Waals surface area contributed by atoms with E-state index in [4.69, 9.17) is 11.6 Å². The van der Waals surface area contributed by atoms with Crippen molar-refractivity contribution in [1.82, 2.24) is 9.71 Å². The van der Waals surface area contributed by atoms with E-state index in [2.05, 4.69) is 15.8 Å². The van der Waals surface area contributed by atoms with Gasteiger partial charge in [0.05, 0.1) is 5.69 Å².